The third kappa shape index (κ3) is 3.89. The number of aliphatic hydroxyl groups is 1. The lowest BCUT2D eigenvalue weighted by Crippen LogP contribution is -2.53. The van der Waals surface area contributed by atoms with Crippen LogP contribution in [0.4, 0.5) is 0 Å². The van der Waals surface area contributed by atoms with Gasteiger partial charge in [-0.25, -0.2) is 0 Å². The number of benzene rings is 2. The number of aromatic nitrogens is 1. The van der Waals surface area contributed by atoms with Crippen molar-refractivity contribution in [2.24, 2.45) is 5.92 Å². The minimum atomic E-state index is -0.0753. The highest BCUT2D eigenvalue weighted by molar-refractivity contribution is 5.94. The Hall–Kier alpha value is -2.63. The molecule has 1 aromatic heterocycles. The van der Waals surface area contributed by atoms with Crippen molar-refractivity contribution in [3.05, 3.63) is 71.9 Å². The second-order valence-electron chi connectivity index (χ2n) is 7.27. The Morgan fingerprint density at radius 3 is 2.81 bits per heavy atom. The molecule has 0 saturated carbocycles. The molecule has 3 N–H and O–H groups in total. The maximum Gasteiger partial charge on any atom is 0.251 e. The van der Waals surface area contributed by atoms with E-state index in [0.29, 0.717) is 5.56 Å². The Bertz CT molecular complexity index is 906. The van der Waals surface area contributed by atoms with Gasteiger partial charge in [0.15, 0.2) is 0 Å². The topological polar surface area (TPSA) is 68.4 Å². The maximum atomic E-state index is 12.6. The smallest absolute Gasteiger partial charge is 0.251 e. The average Bonchev–Trinajstić information content (AvgIpc) is 3.19. The van der Waals surface area contributed by atoms with Crippen molar-refractivity contribution in [1.82, 2.24) is 15.2 Å². The highest BCUT2D eigenvalue weighted by Crippen LogP contribution is 2.23. The van der Waals surface area contributed by atoms with E-state index >= 15 is 0 Å². The summed E-state index contributed by atoms with van der Waals surface area (Å²) in [5.41, 5.74) is 3.08. The SMILES string of the molecule is O=C(N[C@@H]1CN(Cc2cccc3[nH]ccc23)CC[C@@H]1CO)c1ccccc1. The molecule has 0 aliphatic carbocycles. The van der Waals surface area contributed by atoms with Gasteiger partial charge in [-0.15, -0.1) is 0 Å². The van der Waals surface area contributed by atoms with E-state index in [2.05, 4.69) is 39.5 Å². The van der Waals surface area contributed by atoms with Crippen molar-refractivity contribution in [2.45, 2.75) is 19.0 Å². The Balaban J connectivity index is 1.47. The van der Waals surface area contributed by atoms with Gasteiger partial charge >= 0.3 is 0 Å². The summed E-state index contributed by atoms with van der Waals surface area (Å²) in [7, 11) is 0. The van der Waals surface area contributed by atoms with E-state index in [1.165, 1.54) is 10.9 Å². The molecular formula is C22H25N3O2. The van der Waals surface area contributed by atoms with Gasteiger partial charge in [0.2, 0.25) is 0 Å². The minimum absolute atomic E-state index is 0.0538. The van der Waals surface area contributed by atoms with Crippen LogP contribution in [-0.4, -0.2) is 46.6 Å². The summed E-state index contributed by atoms with van der Waals surface area (Å²) in [6, 6.07) is 17.6. The molecule has 140 valence electrons. The van der Waals surface area contributed by atoms with Crippen molar-refractivity contribution in [3.63, 3.8) is 0 Å². The third-order valence-corrected chi connectivity index (χ3v) is 5.51. The van der Waals surface area contributed by atoms with E-state index in [4.69, 9.17) is 0 Å². The molecule has 2 atom stereocenters. The zero-order valence-corrected chi connectivity index (χ0v) is 15.3. The number of H-pyrrole nitrogens is 1. The number of hydrogen-bond acceptors (Lipinski definition) is 3. The first kappa shape index (κ1) is 17.8. The van der Waals surface area contributed by atoms with Gasteiger partial charge in [0.1, 0.15) is 0 Å². The van der Waals surface area contributed by atoms with E-state index in [0.717, 1.165) is 31.6 Å². The van der Waals surface area contributed by atoms with Crippen LogP contribution in [0.25, 0.3) is 10.9 Å². The monoisotopic (exact) mass is 363 g/mol. The van der Waals surface area contributed by atoms with E-state index in [1.807, 2.05) is 36.5 Å². The third-order valence-electron chi connectivity index (χ3n) is 5.51. The largest absolute Gasteiger partial charge is 0.396 e. The quantitative estimate of drug-likeness (QED) is 0.653. The Morgan fingerprint density at radius 1 is 1.15 bits per heavy atom. The molecule has 2 heterocycles. The number of aromatic amines is 1. The zero-order valence-electron chi connectivity index (χ0n) is 15.3. The first-order valence-corrected chi connectivity index (χ1v) is 9.48. The molecule has 1 fully saturated rings. The predicted octanol–water partition coefficient (Wildman–Crippen LogP) is 2.78. The van der Waals surface area contributed by atoms with Crippen LogP contribution in [0, 0.1) is 5.92 Å². The predicted molar refractivity (Wildman–Crippen MR) is 106 cm³/mol. The van der Waals surface area contributed by atoms with Gasteiger partial charge in [-0.05, 0) is 42.8 Å². The molecule has 1 aliphatic rings. The van der Waals surface area contributed by atoms with Crippen LogP contribution in [0.2, 0.25) is 0 Å². The highest BCUT2D eigenvalue weighted by Gasteiger charge is 2.30. The van der Waals surface area contributed by atoms with Gasteiger partial charge in [-0.2, -0.15) is 0 Å². The molecule has 1 amide bonds. The fourth-order valence-corrected chi connectivity index (χ4v) is 3.96. The number of carbonyl (C=O) groups excluding carboxylic acids is 1. The Morgan fingerprint density at radius 2 is 2.00 bits per heavy atom. The normalized spacial score (nSPS) is 20.6. The van der Waals surface area contributed by atoms with Crippen LogP contribution in [0.15, 0.2) is 60.8 Å². The first-order valence-electron chi connectivity index (χ1n) is 9.48. The van der Waals surface area contributed by atoms with Gasteiger partial charge in [0, 0.05) is 54.3 Å². The van der Waals surface area contributed by atoms with Crippen molar-refractivity contribution < 1.29 is 9.90 Å². The highest BCUT2D eigenvalue weighted by atomic mass is 16.3. The molecule has 3 aromatic rings. The number of piperidine rings is 1. The van der Waals surface area contributed by atoms with E-state index in [-0.39, 0.29) is 24.5 Å². The number of nitrogens with one attached hydrogen (secondary N) is 2. The van der Waals surface area contributed by atoms with Crippen LogP contribution in [0.1, 0.15) is 22.3 Å². The van der Waals surface area contributed by atoms with Crippen molar-refractivity contribution in [3.8, 4) is 0 Å². The second-order valence-corrected chi connectivity index (χ2v) is 7.27. The lowest BCUT2D eigenvalue weighted by molar-refractivity contribution is 0.0731. The van der Waals surface area contributed by atoms with E-state index in [9.17, 15) is 9.90 Å². The minimum Gasteiger partial charge on any atom is -0.396 e. The molecule has 5 nitrogen and oxygen atoms in total. The van der Waals surface area contributed by atoms with Crippen LogP contribution >= 0.6 is 0 Å². The van der Waals surface area contributed by atoms with Gasteiger partial charge in [-0.1, -0.05) is 30.3 Å². The molecular weight excluding hydrogens is 338 g/mol. The number of nitrogens with zero attached hydrogens (tertiary/aromatic N) is 1. The molecule has 4 rings (SSSR count). The summed E-state index contributed by atoms with van der Waals surface area (Å²) in [5, 5.41) is 14.1. The van der Waals surface area contributed by atoms with Crippen molar-refractivity contribution in [1.29, 1.82) is 0 Å². The standard InChI is InChI=1S/C22H25N3O2/c26-15-18-10-12-25(13-17-7-4-8-20-19(17)9-11-23-20)14-21(18)24-22(27)16-5-2-1-3-6-16/h1-9,11,18,21,23,26H,10,12-15H2,(H,24,27)/t18-,21-/m1/s1. The van der Waals surface area contributed by atoms with Gasteiger partial charge in [-0.3, -0.25) is 9.69 Å². The second kappa shape index (κ2) is 7.94. The molecule has 1 aliphatic heterocycles. The number of amides is 1. The zero-order chi connectivity index (χ0) is 18.6. The summed E-state index contributed by atoms with van der Waals surface area (Å²) >= 11 is 0. The fourth-order valence-electron chi connectivity index (χ4n) is 3.96. The summed E-state index contributed by atoms with van der Waals surface area (Å²) in [5.74, 6) is 0.0191. The van der Waals surface area contributed by atoms with Crippen LogP contribution < -0.4 is 5.32 Å². The molecule has 5 heteroatoms. The van der Waals surface area contributed by atoms with Crippen LogP contribution in [0.3, 0.4) is 0 Å². The van der Waals surface area contributed by atoms with Crippen LogP contribution in [-0.2, 0) is 6.54 Å². The summed E-state index contributed by atoms with van der Waals surface area (Å²) in [6.45, 7) is 2.60. The molecule has 27 heavy (non-hydrogen) atoms. The number of likely N-dealkylation sites (tertiary alicyclic amines) is 1. The van der Waals surface area contributed by atoms with E-state index in [1.54, 1.807) is 0 Å². The molecule has 0 bridgehead atoms. The number of carbonyl (C=O) groups is 1. The number of hydrogen-bond donors (Lipinski definition) is 3. The Kier molecular flexibility index (Phi) is 5.23. The van der Waals surface area contributed by atoms with Crippen LogP contribution in [0.5, 0.6) is 0 Å². The van der Waals surface area contributed by atoms with Crippen molar-refractivity contribution >= 4 is 16.8 Å². The van der Waals surface area contributed by atoms with Gasteiger partial charge in [0.05, 0.1) is 0 Å². The number of rotatable bonds is 5. The maximum absolute atomic E-state index is 12.6. The number of fused-ring (bicyclic) bond motifs is 1. The average molecular weight is 363 g/mol. The first-order chi connectivity index (χ1) is 13.2. The van der Waals surface area contributed by atoms with Crippen molar-refractivity contribution in [2.75, 3.05) is 19.7 Å². The van der Waals surface area contributed by atoms with Gasteiger partial charge < -0.3 is 15.4 Å². The molecule has 1 saturated heterocycles. The summed E-state index contributed by atoms with van der Waals surface area (Å²) in [6.07, 6.45) is 2.84. The lowest BCUT2D eigenvalue weighted by atomic mass is 9.91. The fraction of sp³-hybridized carbons (Fsp3) is 0.318. The summed E-state index contributed by atoms with van der Waals surface area (Å²) in [4.78, 5) is 18.2. The molecule has 0 spiro atoms. The molecule has 0 unspecified atom stereocenters. The number of aliphatic hydroxyl groups excluding tert-OH is 1. The van der Waals surface area contributed by atoms with Gasteiger partial charge in [0.25, 0.3) is 5.91 Å². The molecule has 0 radical (unpaired) electrons. The molecule has 2 aromatic carbocycles. The Labute approximate surface area is 159 Å². The summed E-state index contributed by atoms with van der Waals surface area (Å²) < 4.78 is 0. The lowest BCUT2D eigenvalue weighted by Gasteiger charge is -2.38. The van der Waals surface area contributed by atoms with E-state index < -0.39 is 0 Å².